The van der Waals surface area contributed by atoms with E-state index in [1.807, 2.05) is 25.2 Å². The zero-order chi connectivity index (χ0) is 27.5. The van der Waals surface area contributed by atoms with Crippen LogP contribution in [0.2, 0.25) is 0 Å². The first-order valence-corrected chi connectivity index (χ1v) is 11.6. The highest BCUT2D eigenvalue weighted by atomic mass is 19.3. The van der Waals surface area contributed by atoms with E-state index >= 15 is 0 Å². The van der Waals surface area contributed by atoms with Gasteiger partial charge >= 0.3 is 5.92 Å². The fourth-order valence-corrected chi connectivity index (χ4v) is 3.85. The first-order valence-electron chi connectivity index (χ1n) is 11.6. The van der Waals surface area contributed by atoms with Gasteiger partial charge < -0.3 is 15.0 Å². The van der Waals surface area contributed by atoms with Crippen molar-refractivity contribution in [3.63, 3.8) is 0 Å². The van der Waals surface area contributed by atoms with Crippen molar-refractivity contribution in [3.8, 4) is 5.75 Å². The maximum atomic E-state index is 14.1. The van der Waals surface area contributed by atoms with Crippen LogP contribution in [0.4, 0.5) is 17.6 Å². The van der Waals surface area contributed by atoms with Crippen LogP contribution >= 0.6 is 0 Å². The molecule has 0 saturated carbocycles. The Balaban J connectivity index is 2.05. The summed E-state index contributed by atoms with van der Waals surface area (Å²) in [6.07, 6.45) is 3.94. The van der Waals surface area contributed by atoms with Crippen molar-refractivity contribution < 1.29 is 27.1 Å². The highest BCUT2D eigenvalue weighted by molar-refractivity contribution is 5.84. The maximum Gasteiger partial charge on any atom is 0.321 e. The van der Waals surface area contributed by atoms with Crippen molar-refractivity contribution in [1.82, 2.24) is 20.0 Å². The smallest absolute Gasteiger partial charge is 0.321 e. The van der Waals surface area contributed by atoms with Crippen LogP contribution in [0.1, 0.15) is 32.4 Å². The van der Waals surface area contributed by atoms with Crippen LogP contribution in [0, 0.1) is 17.6 Å². The molecule has 0 bridgehead atoms. The van der Waals surface area contributed by atoms with Gasteiger partial charge in [-0.05, 0) is 42.3 Å². The molecule has 1 heterocycles. The normalized spacial score (nSPS) is 13.9. The molecule has 37 heavy (non-hydrogen) atoms. The molecule has 2 atom stereocenters. The first-order chi connectivity index (χ1) is 17.3. The standard InChI is InChI=1S/C27H30F4N4O2/c1-7-21(15-34(5)6)35-23-9-8-22(12-18(23)14-32-35)37-25(17-10-19(28)13-20(29)11-17)24(16(2)3)33-26(36)27(4,30)31/h7-16,24-25H,1H2,2-6H3,(H,33,36)/b21-15+/t24-,25+/m0/s1. The predicted octanol–water partition coefficient (Wildman–Crippen LogP) is 5.78. The minimum atomic E-state index is -3.65. The van der Waals surface area contributed by atoms with Gasteiger partial charge in [0, 0.05) is 44.2 Å². The van der Waals surface area contributed by atoms with Gasteiger partial charge in [-0.2, -0.15) is 13.9 Å². The number of allylic oxidation sites excluding steroid dienone is 2. The molecular weight excluding hydrogens is 488 g/mol. The topological polar surface area (TPSA) is 59.4 Å². The lowest BCUT2D eigenvalue weighted by Crippen LogP contribution is -2.49. The van der Waals surface area contributed by atoms with E-state index in [0.29, 0.717) is 24.1 Å². The fraction of sp³-hybridized carbons (Fsp3) is 0.333. The average Bonchev–Trinajstić information content (AvgIpc) is 3.21. The molecule has 6 nitrogen and oxygen atoms in total. The van der Waals surface area contributed by atoms with E-state index in [1.54, 1.807) is 49.0 Å². The summed E-state index contributed by atoms with van der Waals surface area (Å²) in [6.45, 7) is 7.68. The Morgan fingerprint density at radius 3 is 2.35 bits per heavy atom. The minimum Gasteiger partial charge on any atom is -0.484 e. The quantitative estimate of drug-likeness (QED) is 0.273. The monoisotopic (exact) mass is 518 g/mol. The predicted molar refractivity (Wildman–Crippen MR) is 135 cm³/mol. The third-order valence-corrected chi connectivity index (χ3v) is 5.60. The second-order valence-electron chi connectivity index (χ2n) is 9.37. The number of ether oxygens (including phenoxy) is 1. The zero-order valence-electron chi connectivity index (χ0n) is 21.3. The lowest BCUT2D eigenvalue weighted by atomic mass is 9.92. The van der Waals surface area contributed by atoms with E-state index in [4.69, 9.17) is 4.74 Å². The number of amides is 1. The van der Waals surface area contributed by atoms with Crippen LogP contribution in [-0.2, 0) is 4.79 Å². The van der Waals surface area contributed by atoms with Gasteiger partial charge in [-0.3, -0.25) is 4.79 Å². The van der Waals surface area contributed by atoms with Crippen molar-refractivity contribution in [3.05, 3.63) is 78.6 Å². The minimum absolute atomic E-state index is 0.0505. The van der Waals surface area contributed by atoms with Gasteiger partial charge in [0.2, 0.25) is 0 Å². The van der Waals surface area contributed by atoms with E-state index in [1.165, 1.54) is 0 Å². The van der Waals surface area contributed by atoms with Crippen LogP contribution in [0.3, 0.4) is 0 Å². The zero-order valence-corrected chi connectivity index (χ0v) is 21.3. The van der Waals surface area contributed by atoms with Crippen molar-refractivity contribution in [2.24, 2.45) is 5.92 Å². The van der Waals surface area contributed by atoms with Gasteiger partial charge in [-0.25, -0.2) is 13.5 Å². The molecule has 0 aliphatic heterocycles. The molecule has 0 aliphatic rings. The lowest BCUT2D eigenvalue weighted by Gasteiger charge is -2.32. The van der Waals surface area contributed by atoms with E-state index in [0.717, 1.165) is 23.3 Å². The van der Waals surface area contributed by atoms with Gasteiger partial charge in [-0.1, -0.05) is 20.4 Å². The van der Waals surface area contributed by atoms with Crippen LogP contribution in [-0.4, -0.2) is 46.6 Å². The number of carbonyl (C=O) groups is 1. The third kappa shape index (κ3) is 6.69. The number of aromatic nitrogens is 2. The Morgan fingerprint density at radius 2 is 1.81 bits per heavy atom. The van der Waals surface area contributed by atoms with Gasteiger partial charge in [0.25, 0.3) is 5.91 Å². The van der Waals surface area contributed by atoms with Gasteiger partial charge in [-0.15, -0.1) is 0 Å². The average molecular weight is 519 g/mol. The molecule has 3 aromatic rings. The van der Waals surface area contributed by atoms with E-state index in [2.05, 4.69) is 17.0 Å². The van der Waals surface area contributed by atoms with Gasteiger partial charge in [0.1, 0.15) is 23.5 Å². The molecule has 10 heteroatoms. The number of nitrogens with zero attached hydrogens (tertiary/aromatic N) is 3. The Morgan fingerprint density at radius 1 is 1.16 bits per heavy atom. The van der Waals surface area contributed by atoms with Crippen molar-refractivity contribution in [2.45, 2.75) is 38.8 Å². The molecule has 0 unspecified atom stereocenters. The number of benzene rings is 2. The molecule has 1 amide bonds. The molecule has 0 radical (unpaired) electrons. The number of rotatable bonds is 10. The molecule has 3 rings (SSSR count). The maximum absolute atomic E-state index is 14.1. The Labute approximate surface area is 213 Å². The summed E-state index contributed by atoms with van der Waals surface area (Å²) in [4.78, 5) is 14.0. The SMILES string of the molecule is C=C/C(=C\N(C)C)n1ncc2cc(O[C@H](c3cc(F)cc(F)c3)[C@@H](NC(=O)C(C)(F)F)C(C)C)ccc21. The molecule has 198 valence electrons. The van der Waals surface area contributed by atoms with Crippen molar-refractivity contribution >= 4 is 22.5 Å². The molecular formula is C27H30F4N4O2. The number of alkyl halides is 2. The summed E-state index contributed by atoms with van der Waals surface area (Å²) in [5, 5.41) is 7.40. The molecule has 0 fully saturated rings. The fourth-order valence-electron chi connectivity index (χ4n) is 3.85. The lowest BCUT2D eigenvalue weighted by molar-refractivity contribution is -0.145. The number of carbonyl (C=O) groups excluding carboxylic acids is 1. The largest absolute Gasteiger partial charge is 0.484 e. The van der Waals surface area contributed by atoms with E-state index in [-0.39, 0.29) is 5.56 Å². The van der Waals surface area contributed by atoms with Gasteiger partial charge in [0.15, 0.2) is 0 Å². The second kappa shape index (κ2) is 11.1. The molecule has 0 spiro atoms. The summed E-state index contributed by atoms with van der Waals surface area (Å²) in [5.41, 5.74) is 1.52. The van der Waals surface area contributed by atoms with Crippen LogP contribution in [0.5, 0.6) is 5.75 Å². The number of nitrogens with one attached hydrogen (secondary N) is 1. The third-order valence-electron chi connectivity index (χ3n) is 5.60. The van der Waals surface area contributed by atoms with Crippen molar-refractivity contribution in [1.29, 1.82) is 0 Å². The summed E-state index contributed by atoms with van der Waals surface area (Å²) in [7, 11) is 3.74. The molecule has 0 saturated heterocycles. The van der Waals surface area contributed by atoms with E-state index < -0.39 is 41.5 Å². The Kier molecular flexibility index (Phi) is 8.30. The molecule has 1 N–H and O–H groups in total. The number of hydrogen-bond donors (Lipinski definition) is 1. The Bertz CT molecular complexity index is 1290. The summed E-state index contributed by atoms with van der Waals surface area (Å²) in [5.74, 6) is -7.03. The molecule has 0 aliphatic carbocycles. The summed E-state index contributed by atoms with van der Waals surface area (Å²) in [6, 6.07) is 6.82. The second-order valence-corrected chi connectivity index (χ2v) is 9.37. The van der Waals surface area contributed by atoms with Crippen molar-refractivity contribution in [2.75, 3.05) is 14.1 Å². The summed E-state index contributed by atoms with van der Waals surface area (Å²) < 4.78 is 63.5. The number of hydrogen-bond acceptors (Lipinski definition) is 4. The van der Waals surface area contributed by atoms with Gasteiger partial charge in [0.05, 0.1) is 23.5 Å². The van der Waals surface area contributed by atoms with E-state index in [9.17, 15) is 22.4 Å². The molecule has 1 aromatic heterocycles. The molecule has 2 aromatic carbocycles. The Hall–Kier alpha value is -3.82. The van der Waals surface area contributed by atoms with Crippen LogP contribution < -0.4 is 10.1 Å². The first kappa shape index (κ1) is 27.8. The highest BCUT2D eigenvalue weighted by Gasteiger charge is 2.38. The highest BCUT2D eigenvalue weighted by Crippen LogP contribution is 2.32. The summed E-state index contributed by atoms with van der Waals surface area (Å²) >= 11 is 0. The van der Waals surface area contributed by atoms with Crippen LogP contribution in [0.25, 0.3) is 16.6 Å². The number of fused-ring (bicyclic) bond motifs is 1. The number of halogens is 4. The van der Waals surface area contributed by atoms with Crippen LogP contribution in [0.15, 0.2) is 61.4 Å².